The third-order valence-corrected chi connectivity index (χ3v) is 6.20. The zero-order chi connectivity index (χ0) is 20.2. The second-order valence-corrected chi connectivity index (χ2v) is 7.62. The van der Waals surface area contributed by atoms with Gasteiger partial charge in [0.25, 0.3) is 0 Å². The van der Waals surface area contributed by atoms with E-state index in [1.54, 1.807) is 4.90 Å². The number of carbonyl (C=O) groups is 1. The van der Waals surface area contributed by atoms with Crippen LogP contribution in [0.4, 0.5) is 8.78 Å². The van der Waals surface area contributed by atoms with Gasteiger partial charge in [-0.1, -0.05) is 12.6 Å². The first-order valence-electron chi connectivity index (χ1n) is 9.11. The Balaban J connectivity index is 1.72. The van der Waals surface area contributed by atoms with Gasteiger partial charge in [0.05, 0.1) is 17.6 Å². The number of amides is 1. The Morgan fingerprint density at radius 1 is 1.36 bits per heavy atom. The van der Waals surface area contributed by atoms with Crippen LogP contribution >= 0.6 is 0 Å². The second kappa shape index (κ2) is 6.20. The predicted molar refractivity (Wildman–Crippen MR) is 99.7 cm³/mol. The van der Waals surface area contributed by atoms with Gasteiger partial charge in [-0.2, -0.15) is 5.26 Å². The van der Waals surface area contributed by atoms with Gasteiger partial charge >= 0.3 is 0 Å². The number of rotatable bonds is 3. The van der Waals surface area contributed by atoms with Gasteiger partial charge in [-0.3, -0.25) is 4.79 Å². The molecule has 1 saturated heterocycles. The Morgan fingerprint density at radius 2 is 2.00 bits per heavy atom. The maximum Gasteiger partial charge on any atom is 0.238 e. The summed E-state index contributed by atoms with van der Waals surface area (Å²) in [6.07, 6.45) is 2.68. The lowest BCUT2D eigenvalue weighted by atomic mass is 9.78. The molecule has 1 aliphatic heterocycles. The molecule has 7 heteroatoms. The van der Waals surface area contributed by atoms with Crippen molar-refractivity contribution in [1.29, 1.82) is 5.26 Å². The molecule has 28 heavy (non-hydrogen) atoms. The molecule has 4 N–H and O–H groups in total. The number of likely N-dealkylation sites (tertiary alicyclic amines) is 1. The zero-order valence-corrected chi connectivity index (χ0v) is 15.2. The maximum atomic E-state index is 14.1. The van der Waals surface area contributed by atoms with Crippen molar-refractivity contribution in [2.45, 2.75) is 12.8 Å². The molecule has 5 nitrogen and oxygen atoms in total. The highest BCUT2D eigenvalue weighted by molar-refractivity contribution is 5.93. The molecule has 2 fully saturated rings. The number of hydrogen-bond donors (Lipinski definition) is 2. The van der Waals surface area contributed by atoms with Crippen LogP contribution < -0.4 is 11.5 Å². The van der Waals surface area contributed by atoms with Crippen LogP contribution in [0.15, 0.2) is 47.7 Å². The number of allylic oxidation sites excluding steroid dienone is 2. The number of hydrogen-bond acceptors (Lipinski definition) is 4. The third-order valence-electron chi connectivity index (χ3n) is 6.20. The largest absolute Gasteiger partial charge is 0.401 e. The molecular formula is C21H20F2N4O. The van der Waals surface area contributed by atoms with Crippen LogP contribution in [-0.4, -0.2) is 23.9 Å². The van der Waals surface area contributed by atoms with E-state index in [-0.39, 0.29) is 29.0 Å². The summed E-state index contributed by atoms with van der Waals surface area (Å²) in [6, 6.07) is 5.69. The normalized spacial score (nSPS) is 27.2. The highest BCUT2D eigenvalue weighted by Crippen LogP contribution is 2.60. The average Bonchev–Trinajstić information content (AvgIpc) is 3.04. The zero-order valence-electron chi connectivity index (χ0n) is 15.2. The van der Waals surface area contributed by atoms with Gasteiger partial charge in [-0.25, -0.2) is 8.78 Å². The lowest BCUT2D eigenvalue weighted by Crippen LogP contribution is -2.55. The number of nitriles is 1. The second-order valence-electron chi connectivity index (χ2n) is 7.62. The average molecular weight is 382 g/mol. The maximum absolute atomic E-state index is 14.1. The van der Waals surface area contributed by atoms with Crippen molar-refractivity contribution in [3.63, 3.8) is 0 Å². The Labute approximate surface area is 161 Å². The molecule has 0 unspecified atom stereocenters. The topological polar surface area (TPSA) is 96.1 Å². The molecule has 1 aromatic carbocycles. The minimum atomic E-state index is -1.01. The van der Waals surface area contributed by atoms with Crippen molar-refractivity contribution in [2.24, 2.45) is 28.7 Å². The summed E-state index contributed by atoms with van der Waals surface area (Å²) in [5.74, 6) is -2.00. The molecule has 2 atom stereocenters. The van der Waals surface area contributed by atoms with Crippen LogP contribution in [0.3, 0.4) is 0 Å². The minimum absolute atomic E-state index is 0.0787. The highest BCUT2D eigenvalue weighted by atomic mass is 19.1. The monoisotopic (exact) mass is 382 g/mol. The van der Waals surface area contributed by atoms with Gasteiger partial charge in [-0.15, -0.1) is 0 Å². The first-order valence-corrected chi connectivity index (χ1v) is 9.11. The van der Waals surface area contributed by atoms with E-state index < -0.39 is 17.0 Å². The molecule has 0 spiro atoms. The van der Waals surface area contributed by atoms with Crippen LogP contribution in [0.1, 0.15) is 18.4 Å². The van der Waals surface area contributed by atoms with Crippen LogP contribution in [-0.2, 0) is 4.79 Å². The number of halogens is 2. The lowest BCUT2D eigenvalue weighted by Gasteiger charge is -2.41. The first-order chi connectivity index (χ1) is 13.3. The molecule has 1 amide bonds. The Hall–Kier alpha value is -3.14. The molecule has 3 aliphatic rings. The summed E-state index contributed by atoms with van der Waals surface area (Å²) in [4.78, 5) is 14.8. The van der Waals surface area contributed by atoms with Crippen molar-refractivity contribution in [3.05, 3.63) is 64.9 Å². The lowest BCUT2D eigenvalue weighted by molar-refractivity contribution is -0.143. The molecule has 4 rings (SSSR count). The molecule has 0 radical (unpaired) electrons. The molecule has 1 saturated carbocycles. The third kappa shape index (κ3) is 2.30. The fraction of sp³-hybridized carbons (Fsp3) is 0.333. The van der Waals surface area contributed by atoms with E-state index in [0.717, 1.165) is 12.1 Å². The van der Waals surface area contributed by atoms with E-state index in [0.29, 0.717) is 42.8 Å². The number of carbonyl (C=O) groups excluding carboxylic acids is 1. The fourth-order valence-electron chi connectivity index (χ4n) is 4.63. The van der Waals surface area contributed by atoms with E-state index in [1.165, 1.54) is 12.1 Å². The molecule has 2 bridgehead atoms. The number of benzene rings is 1. The van der Waals surface area contributed by atoms with Crippen LogP contribution in [0.5, 0.6) is 0 Å². The van der Waals surface area contributed by atoms with Crippen LogP contribution in [0.25, 0.3) is 5.70 Å². The van der Waals surface area contributed by atoms with Crippen LogP contribution in [0.2, 0.25) is 0 Å². The summed E-state index contributed by atoms with van der Waals surface area (Å²) in [6.45, 7) is 4.89. The molecule has 2 aliphatic carbocycles. The van der Waals surface area contributed by atoms with E-state index in [9.17, 15) is 13.6 Å². The highest BCUT2D eigenvalue weighted by Gasteiger charge is 2.59. The number of fused-ring (bicyclic) bond motifs is 2. The smallest absolute Gasteiger partial charge is 0.238 e. The predicted octanol–water partition coefficient (Wildman–Crippen LogP) is 2.43. The molecular weight excluding hydrogens is 362 g/mol. The summed E-state index contributed by atoms with van der Waals surface area (Å²) >= 11 is 0. The van der Waals surface area contributed by atoms with Crippen molar-refractivity contribution in [2.75, 3.05) is 13.1 Å². The van der Waals surface area contributed by atoms with E-state index in [4.69, 9.17) is 16.7 Å². The van der Waals surface area contributed by atoms with Gasteiger partial charge in [0.1, 0.15) is 17.0 Å². The fourth-order valence-corrected chi connectivity index (χ4v) is 4.63. The molecule has 1 heterocycles. The summed E-state index contributed by atoms with van der Waals surface area (Å²) in [5, 5.41) is 8.96. The summed E-state index contributed by atoms with van der Waals surface area (Å²) in [5.41, 5.74) is 12.6. The Bertz CT molecular complexity index is 980. The standard InChI is InChI=1S/C21H20F2N4O/c1-11-13-5-6-21(11,20(28)27-9-12(8-24)10-27)19(26)14(13)7-17(25)18-15(22)3-2-4-16(18)23/h2-4,7,12-13H,1,5-6,9-10,25-26H2/b17-7-/t13-,21-/m0/s1. The molecule has 0 aromatic heterocycles. The summed E-state index contributed by atoms with van der Waals surface area (Å²) < 4.78 is 28.1. The van der Waals surface area contributed by atoms with Crippen LogP contribution in [0, 0.1) is 40.2 Å². The van der Waals surface area contributed by atoms with Crippen molar-refractivity contribution in [3.8, 4) is 6.07 Å². The molecule has 1 aromatic rings. The Morgan fingerprint density at radius 3 is 2.61 bits per heavy atom. The number of nitrogens with zero attached hydrogens (tertiary/aromatic N) is 2. The van der Waals surface area contributed by atoms with Gasteiger partial charge in [0.2, 0.25) is 5.91 Å². The Kier molecular flexibility index (Phi) is 4.03. The van der Waals surface area contributed by atoms with E-state index in [1.807, 2.05) is 0 Å². The minimum Gasteiger partial charge on any atom is -0.401 e. The molecule has 144 valence electrons. The summed E-state index contributed by atoms with van der Waals surface area (Å²) in [7, 11) is 0. The van der Waals surface area contributed by atoms with Crippen molar-refractivity contribution in [1.82, 2.24) is 4.90 Å². The van der Waals surface area contributed by atoms with E-state index in [2.05, 4.69) is 12.6 Å². The first kappa shape index (κ1) is 18.2. The number of nitrogens with two attached hydrogens (primary N) is 2. The van der Waals surface area contributed by atoms with Gasteiger partial charge in [-0.05, 0) is 42.2 Å². The van der Waals surface area contributed by atoms with Gasteiger partial charge in [0.15, 0.2) is 0 Å². The quantitative estimate of drug-likeness (QED) is 0.785. The van der Waals surface area contributed by atoms with Gasteiger partial charge < -0.3 is 16.4 Å². The van der Waals surface area contributed by atoms with E-state index >= 15 is 0 Å². The SMILES string of the molecule is C=C1[C@@H]2CC[C@@]1(C(=O)N1CC(C#N)C1)C(N)=C2/C=C(\N)c1c(F)cccc1F. The van der Waals surface area contributed by atoms with Crippen molar-refractivity contribution >= 4 is 11.6 Å². The van der Waals surface area contributed by atoms with Crippen molar-refractivity contribution < 1.29 is 13.6 Å². The van der Waals surface area contributed by atoms with Gasteiger partial charge in [0, 0.05) is 30.4 Å².